The van der Waals surface area contributed by atoms with Crippen LogP contribution in [-0.4, -0.2) is 77.3 Å². The number of aromatic nitrogens is 6. The van der Waals surface area contributed by atoms with Gasteiger partial charge in [-0.2, -0.15) is 22.7 Å². The van der Waals surface area contributed by atoms with E-state index in [1.54, 1.807) is 16.4 Å². The molecule has 7 rings (SSSR count). The van der Waals surface area contributed by atoms with Crippen molar-refractivity contribution in [3.63, 3.8) is 0 Å². The summed E-state index contributed by atoms with van der Waals surface area (Å²) in [6.07, 6.45) is 1.70. The maximum Gasteiger partial charge on any atom is 0.416 e. The Morgan fingerprint density at radius 1 is 1.14 bits per heavy atom. The Hall–Kier alpha value is -4.83. The first-order valence-electron chi connectivity index (χ1n) is 16.1. The third kappa shape index (κ3) is 5.99. The number of nitrogens with zero attached hydrogens (tertiary/aromatic N) is 7. The average molecular weight is 713 g/mol. The van der Waals surface area contributed by atoms with E-state index in [-0.39, 0.29) is 45.7 Å². The van der Waals surface area contributed by atoms with Gasteiger partial charge in [0, 0.05) is 29.8 Å². The van der Waals surface area contributed by atoms with Gasteiger partial charge in [0.25, 0.3) is 11.5 Å². The van der Waals surface area contributed by atoms with Crippen molar-refractivity contribution in [2.75, 3.05) is 31.6 Å². The number of likely N-dealkylation sites (tertiary alicyclic amines) is 1. The monoisotopic (exact) mass is 712 g/mol. The quantitative estimate of drug-likeness (QED) is 0.308. The van der Waals surface area contributed by atoms with E-state index in [1.807, 2.05) is 6.08 Å². The first-order valence-corrected chi connectivity index (χ1v) is 16.5. The molecular weight excluding hydrogens is 681 g/mol. The summed E-state index contributed by atoms with van der Waals surface area (Å²) >= 11 is 6.14. The number of piperidine rings is 1. The predicted octanol–water partition coefficient (Wildman–Crippen LogP) is 4.32. The van der Waals surface area contributed by atoms with Crippen LogP contribution in [0, 0.1) is 6.92 Å². The van der Waals surface area contributed by atoms with Crippen LogP contribution in [0.5, 0.6) is 5.75 Å². The third-order valence-electron chi connectivity index (χ3n) is 9.79. The standard InChI is InChI=1S/C33H32ClF3N8O5/c1-18-27(47)26(39-17-38-18)30(49)43-11-9-32(10-12-43)8-2-3-23-25(32)29(48)45-31(41-28(42-45)19-6-13-50-14-7-19)44(23)16-24(46)40-22-5-4-20(15-21(22)34)33(35,36)37/h4-6,15,17,47H,2-3,7-14,16H2,1H3,(H,40,46). The molecule has 50 heavy (non-hydrogen) atoms. The molecule has 3 aliphatic rings. The van der Waals surface area contributed by atoms with Gasteiger partial charge in [0.2, 0.25) is 11.7 Å². The van der Waals surface area contributed by atoms with Crippen LogP contribution in [0.4, 0.5) is 18.9 Å². The molecular formula is C33H32ClF3N8O5. The lowest BCUT2D eigenvalue weighted by atomic mass is 9.66. The predicted molar refractivity (Wildman–Crippen MR) is 174 cm³/mol. The number of aromatic hydroxyl groups is 1. The molecule has 1 fully saturated rings. The molecule has 0 radical (unpaired) electrons. The van der Waals surface area contributed by atoms with E-state index in [4.69, 9.17) is 21.3 Å². The second-order valence-electron chi connectivity index (χ2n) is 12.7. The van der Waals surface area contributed by atoms with Gasteiger partial charge < -0.3 is 24.6 Å². The Kier molecular flexibility index (Phi) is 8.62. The van der Waals surface area contributed by atoms with Gasteiger partial charge in [-0.3, -0.25) is 14.4 Å². The number of hydrogen-bond donors (Lipinski definition) is 2. The van der Waals surface area contributed by atoms with Crippen molar-refractivity contribution < 1.29 is 32.6 Å². The number of nitrogens with one attached hydrogen (secondary N) is 1. The Labute approximate surface area is 287 Å². The van der Waals surface area contributed by atoms with Crippen molar-refractivity contribution >= 4 is 40.5 Å². The number of ether oxygens (including phenoxy) is 1. The molecule has 0 atom stereocenters. The zero-order valence-corrected chi connectivity index (χ0v) is 27.6. The lowest BCUT2D eigenvalue weighted by Gasteiger charge is -2.45. The molecule has 0 saturated carbocycles. The largest absolute Gasteiger partial charge is 0.504 e. The number of aryl methyl sites for hydroxylation is 1. The summed E-state index contributed by atoms with van der Waals surface area (Å²) in [4.78, 5) is 55.6. The van der Waals surface area contributed by atoms with Gasteiger partial charge in [-0.1, -0.05) is 17.7 Å². The number of carbonyl (C=O) groups is 2. The number of amides is 2. The molecule has 2 N–H and O–H groups in total. The van der Waals surface area contributed by atoms with Crippen LogP contribution in [0.2, 0.25) is 5.02 Å². The average Bonchev–Trinajstić information content (AvgIpc) is 3.55. The number of anilines is 1. The number of benzene rings is 1. The van der Waals surface area contributed by atoms with Gasteiger partial charge in [-0.15, -0.1) is 5.10 Å². The number of carbonyl (C=O) groups excluding carboxylic acids is 2. The molecule has 17 heteroatoms. The normalized spacial score (nSPS) is 17.5. The minimum absolute atomic E-state index is 0.00328. The van der Waals surface area contributed by atoms with Gasteiger partial charge in [-0.25, -0.2) is 9.97 Å². The second kappa shape index (κ2) is 12.8. The molecule has 1 aliphatic carbocycles. The van der Waals surface area contributed by atoms with Gasteiger partial charge in [0.1, 0.15) is 12.9 Å². The molecule has 13 nitrogen and oxygen atoms in total. The third-order valence-corrected chi connectivity index (χ3v) is 10.1. The summed E-state index contributed by atoms with van der Waals surface area (Å²) in [5.41, 5.74) is 0.183. The van der Waals surface area contributed by atoms with Crippen LogP contribution >= 0.6 is 11.6 Å². The summed E-state index contributed by atoms with van der Waals surface area (Å²) < 4.78 is 47.9. The Bertz CT molecular complexity index is 2120. The van der Waals surface area contributed by atoms with Gasteiger partial charge in [0.15, 0.2) is 17.3 Å². The van der Waals surface area contributed by atoms with Gasteiger partial charge >= 0.3 is 6.18 Å². The molecule has 5 heterocycles. The molecule has 1 saturated heterocycles. The summed E-state index contributed by atoms with van der Waals surface area (Å²) in [5.74, 6) is -0.806. The van der Waals surface area contributed by atoms with E-state index in [1.165, 1.54) is 10.8 Å². The summed E-state index contributed by atoms with van der Waals surface area (Å²) in [6, 6.07) is 2.68. The molecule has 2 amide bonds. The Morgan fingerprint density at radius 3 is 2.62 bits per heavy atom. The highest BCUT2D eigenvalue weighted by molar-refractivity contribution is 6.33. The molecule has 1 spiro atoms. The zero-order chi connectivity index (χ0) is 35.4. The molecule has 2 aliphatic heterocycles. The molecule has 4 aromatic rings. The fourth-order valence-corrected chi connectivity index (χ4v) is 7.41. The summed E-state index contributed by atoms with van der Waals surface area (Å²) in [7, 11) is 0. The number of rotatable bonds is 5. The number of halogens is 4. The summed E-state index contributed by atoms with van der Waals surface area (Å²) in [5, 5.41) is 17.4. The van der Waals surface area contributed by atoms with Crippen molar-refractivity contribution in [3.05, 3.63) is 80.0 Å². The van der Waals surface area contributed by atoms with Crippen molar-refractivity contribution in [2.24, 2.45) is 0 Å². The fraction of sp³-hybridized carbons (Fsp3) is 0.424. The number of hydrogen-bond acceptors (Lipinski definition) is 9. The van der Waals surface area contributed by atoms with E-state index >= 15 is 0 Å². The van der Waals surface area contributed by atoms with Crippen LogP contribution in [0.3, 0.4) is 0 Å². The smallest absolute Gasteiger partial charge is 0.416 e. The minimum Gasteiger partial charge on any atom is -0.504 e. The molecule has 3 aromatic heterocycles. The number of fused-ring (bicyclic) bond motifs is 3. The second-order valence-corrected chi connectivity index (χ2v) is 13.1. The van der Waals surface area contributed by atoms with E-state index in [2.05, 4.69) is 20.4 Å². The van der Waals surface area contributed by atoms with Crippen LogP contribution in [0.15, 0.2) is 35.4 Å². The zero-order valence-electron chi connectivity index (χ0n) is 26.9. The topological polar surface area (TPSA) is 157 Å². The molecule has 0 bridgehead atoms. The Balaban J connectivity index is 1.26. The highest BCUT2D eigenvalue weighted by atomic mass is 35.5. The van der Waals surface area contributed by atoms with Crippen LogP contribution in [-0.2, 0) is 34.1 Å². The highest BCUT2D eigenvalue weighted by Gasteiger charge is 2.45. The van der Waals surface area contributed by atoms with Crippen molar-refractivity contribution in [2.45, 2.75) is 63.6 Å². The SMILES string of the molecule is Cc1ncnc(C(=O)N2CCC3(CCCc4c3c(=O)n3nc(C5=CCOCC5)nc3n4CC(=O)Nc3ccc(C(F)(F)F)cc3Cl)CC2)c1O. The van der Waals surface area contributed by atoms with Gasteiger partial charge in [0.05, 0.1) is 35.2 Å². The molecule has 262 valence electrons. The van der Waals surface area contributed by atoms with Crippen molar-refractivity contribution in [3.8, 4) is 5.75 Å². The highest BCUT2D eigenvalue weighted by Crippen LogP contribution is 2.44. The maximum absolute atomic E-state index is 14.4. The van der Waals surface area contributed by atoms with Gasteiger partial charge in [-0.05, 0) is 69.2 Å². The molecule has 1 aromatic carbocycles. The van der Waals surface area contributed by atoms with Crippen LogP contribution in [0.1, 0.15) is 70.9 Å². The first kappa shape index (κ1) is 33.7. The van der Waals surface area contributed by atoms with Crippen molar-refractivity contribution in [1.82, 2.24) is 34.0 Å². The first-order chi connectivity index (χ1) is 23.9. The minimum atomic E-state index is -4.60. The lowest BCUT2D eigenvalue weighted by Crippen LogP contribution is -2.50. The maximum atomic E-state index is 14.4. The van der Waals surface area contributed by atoms with Crippen LogP contribution in [0.25, 0.3) is 11.4 Å². The number of alkyl halides is 3. The summed E-state index contributed by atoms with van der Waals surface area (Å²) in [6.45, 7) is 2.67. The van der Waals surface area contributed by atoms with E-state index < -0.39 is 29.0 Å². The van der Waals surface area contributed by atoms with Crippen molar-refractivity contribution in [1.29, 1.82) is 0 Å². The van der Waals surface area contributed by atoms with E-state index in [9.17, 15) is 32.7 Å². The van der Waals surface area contributed by atoms with E-state index in [0.717, 1.165) is 23.8 Å². The fourth-order valence-electron chi connectivity index (χ4n) is 7.18. The lowest BCUT2D eigenvalue weighted by molar-refractivity contribution is -0.137. The van der Waals surface area contributed by atoms with Crippen LogP contribution < -0.4 is 10.9 Å². The van der Waals surface area contributed by atoms with E-state index in [0.29, 0.717) is 81.9 Å². The molecule has 0 unspecified atom stereocenters. The Morgan fingerprint density at radius 2 is 1.92 bits per heavy atom.